The zero-order chi connectivity index (χ0) is 28.5. The van der Waals surface area contributed by atoms with Gasteiger partial charge in [0.1, 0.15) is 18.1 Å². The van der Waals surface area contributed by atoms with Crippen molar-refractivity contribution in [2.45, 2.75) is 82.1 Å². The summed E-state index contributed by atoms with van der Waals surface area (Å²) in [5, 5.41) is 35.3. The molecule has 3 amide bonds. The predicted molar refractivity (Wildman–Crippen MR) is 133 cm³/mol. The number of carboxylic acids is 2. The Hall–Kier alpha value is -3.50. The van der Waals surface area contributed by atoms with Crippen LogP contribution >= 0.6 is 0 Å². The highest BCUT2D eigenvalue weighted by molar-refractivity contribution is 5.94. The summed E-state index contributed by atoms with van der Waals surface area (Å²) in [5.74, 6) is -5.21. The van der Waals surface area contributed by atoms with Crippen LogP contribution in [-0.2, 0) is 24.0 Å². The topological polar surface area (TPSA) is 299 Å². The summed E-state index contributed by atoms with van der Waals surface area (Å²) in [6.07, 6.45) is -0.648. The fraction of sp³-hybridized carbons (Fsp3) is 0.714. The van der Waals surface area contributed by atoms with Crippen LogP contribution in [0.3, 0.4) is 0 Å². The average Bonchev–Trinajstić information content (AvgIpc) is 2.81. The number of nitrogens with two attached hydrogens (primary N) is 4. The van der Waals surface area contributed by atoms with E-state index in [1.165, 1.54) is 6.92 Å². The molecule has 0 spiro atoms. The van der Waals surface area contributed by atoms with E-state index in [9.17, 15) is 34.2 Å². The number of nitrogens with zero attached hydrogens (tertiary/aromatic N) is 1. The van der Waals surface area contributed by atoms with E-state index in [-0.39, 0.29) is 44.6 Å². The fourth-order valence-corrected chi connectivity index (χ4v) is 3.13. The Morgan fingerprint density at radius 2 is 1.43 bits per heavy atom. The normalized spacial score (nSPS) is 14.8. The van der Waals surface area contributed by atoms with Crippen molar-refractivity contribution >= 4 is 35.6 Å². The Bertz CT molecular complexity index is 803. The summed E-state index contributed by atoms with van der Waals surface area (Å²) in [6, 6.07) is -5.27. The van der Waals surface area contributed by atoms with Gasteiger partial charge in [-0.05, 0) is 52.0 Å². The van der Waals surface area contributed by atoms with Crippen LogP contribution in [0.25, 0.3) is 0 Å². The maximum Gasteiger partial charge on any atom is 0.326 e. The number of guanidine groups is 1. The number of hydrogen-bond acceptors (Lipinski definition) is 9. The van der Waals surface area contributed by atoms with Gasteiger partial charge in [-0.1, -0.05) is 0 Å². The Morgan fingerprint density at radius 1 is 0.838 bits per heavy atom. The van der Waals surface area contributed by atoms with E-state index in [0.717, 1.165) is 0 Å². The van der Waals surface area contributed by atoms with Gasteiger partial charge in [0.05, 0.1) is 12.1 Å². The molecule has 5 unspecified atom stereocenters. The third kappa shape index (κ3) is 14.6. The minimum Gasteiger partial charge on any atom is -0.481 e. The van der Waals surface area contributed by atoms with E-state index in [0.29, 0.717) is 19.4 Å². The second-order valence-electron chi connectivity index (χ2n) is 8.46. The number of rotatable bonds is 19. The molecular weight excluding hydrogens is 492 g/mol. The molecule has 0 aliphatic carbocycles. The molecule has 0 aromatic heterocycles. The number of aliphatic hydroxyl groups excluding tert-OH is 1. The predicted octanol–water partition coefficient (Wildman–Crippen LogP) is -3.72. The molecule has 0 saturated carbocycles. The van der Waals surface area contributed by atoms with E-state index in [1.807, 2.05) is 0 Å². The van der Waals surface area contributed by atoms with Crippen molar-refractivity contribution < 1.29 is 39.3 Å². The van der Waals surface area contributed by atoms with Gasteiger partial charge in [0.2, 0.25) is 17.7 Å². The number of unbranched alkanes of at least 4 members (excludes halogenated alkanes) is 1. The summed E-state index contributed by atoms with van der Waals surface area (Å²) in [5.41, 5.74) is 21.7. The fourth-order valence-electron chi connectivity index (χ4n) is 3.13. The van der Waals surface area contributed by atoms with Crippen molar-refractivity contribution in [2.24, 2.45) is 27.9 Å². The first-order valence-electron chi connectivity index (χ1n) is 11.8. The van der Waals surface area contributed by atoms with Crippen molar-refractivity contribution in [3.63, 3.8) is 0 Å². The SMILES string of the molecule is CC(O)C(NC(=O)C(CCCN=C(N)N)NC(=O)C(N)CCC(=O)O)C(=O)NC(CCCCN)C(=O)O. The highest BCUT2D eigenvalue weighted by atomic mass is 16.4. The number of carbonyl (C=O) groups is 5. The molecule has 14 N–H and O–H groups in total. The third-order valence-electron chi connectivity index (χ3n) is 5.21. The molecule has 0 aliphatic rings. The first-order valence-corrected chi connectivity index (χ1v) is 11.8. The lowest BCUT2D eigenvalue weighted by Gasteiger charge is -2.26. The van der Waals surface area contributed by atoms with Crippen molar-refractivity contribution in [3.05, 3.63) is 0 Å². The average molecular weight is 533 g/mol. The number of aliphatic hydroxyl groups is 1. The zero-order valence-corrected chi connectivity index (χ0v) is 20.9. The van der Waals surface area contributed by atoms with Crippen LogP contribution in [-0.4, -0.2) is 94.3 Å². The number of amides is 3. The quantitative estimate of drug-likeness (QED) is 0.0436. The number of nitrogens with one attached hydrogen (secondary N) is 3. The molecular formula is C21H40N8O8. The minimum absolute atomic E-state index is 0.00495. The summed E-state index contributed by atoms with van der Waals surface area (Å²) >= 11 is 0. The van der Waals surface area contributed by atoms with E-state index in [4.69, 9.17) is 28.0 Å². The molecule has 0 fully saturated rings. The summed E-state index contributed by atoms with van der Waals surface area (Å²) in [7, 11) is 0. The van der Waals surface area contributed by atoms with Crippen LogP contribution in [0, 0.1) is 0 Å². The molecule has 212 valence electrons. The van der Waals surface area contributed by atoms with Crippen molar-refractivity contribution in [3.8, 4) is 0 Å². The van der Waals surface area contributed by atoms with E-state index in [1.54, 1.807) is 0 Å². The Morgan fingerprint density at radius 3 is 1.95 bits per heavy atom. The van der Waals surface area contributed by atoms with Gasteiger partial charge in [0.15, 0.2) is 5.96 Å². The van der Waals surface area contributed by atoms with Crippen LogP contribution in [0.5, 0.6) is 0 Å². The molecule has 0 saturated heterocycles. The summed E-state index contributed by atoms with van der Waals surface area (Å²) in [4.78, 5) is 64.2. The van der Waals surface area contributed by atoms with Crippen molar-refractivity contribution in [2.75, 3.05) is 13.1 Å². The Kier molecular flexibility index (Phi) is 16.2. The van der Waals surface area contributed by atoms with Gasteiger partial charge < -0.3 is 54.2 Å². The second-order valence-corrected chi connectivity index (χ2v) is 8.46. The van der Waals surface area contributed by atoms with Crippen LogP contribution < -0.4 is 38.9 Å². The standard InChI is InChI=1S/C21H40N8O8/c1-11(30)16(19(35)28-14(20(36)37)5-2-3-9-22)29-18(34)13(6-4-10-26-21(24)25)27-17(33)12(23)7-8-15(31)32/h11-14,16,30H,2-10,22-23H2,1H3,(H,27,33)(H,28,35)(H,29,34)(H,31,32)(H,36,37)(H4,24,25,26). The maximum atomic E-state index is 13.0. The molecule has 0 heterocycles. The zero-order valence-electron chi connectivity index (χ0n) is 20.9. The second kappa shape index (κ2) is 17.9. The van der Waals surface area contributed by atoms with Gasteiger partial charge in [0, 0.05) is 13.0 Å². The van der Waals surface area contributed by atoms with Gasteiger partial charge in [0.25, 0.3) is 0 Å². The Balaban J connectivity index is 5.49. The lowest BCUT2D eigenvalue weighted by atomic mass is 10.1. The van der Waals surface area contributed by atoms with Crippen LogP contribution in [0.4, 0.5) is 0 Å². The molecule has 37 heavy (non-hydrogen) atoms. The van der Waals surface area contributed by atoms with Gasteiger partial charge in [-0.2, -0.15) is 0 Å². The number of hydrogen-bond donors (Lipinski definition) is 10. The van der Waals surface area contributed by atoms with E-state index in [2.05, 4.69) is 20.9 Å². The third-order valence-corrected chi connectivity index (χ3v) is 5.21. The number of carbonyl (C=O) groups excluding carboxylic acids is 3. The molecule has 0 aromatic carbocycles. The van der Waals surface area contributed by atoms with Gasteiger partial charge in [-0.15, -0.1) is 0 Å². The number of aliphatic carboxylic acids is 2. The van der Waals surface area contributed by atoms with Gasteiger partial charge in [-0.3, -0.25) is 24.2 Å². The number of aliphatic imine (C=N–C) groups is 1. The first-order chi connectivity index (χ1) is 17.3. The largest absolute Gasteiger partial charge is 0.481 e. The summed E-state index contributed by atoms with van der Waals surface area (Å²) < 4.78 is 0. The van der Waals surface area contributed by atoms with Crippen molar-refractivity contribution in [1.82, 2.24) is 16.0 Å². The minimum atomic E-state index is -1.54. The van der Waals surface area contributed by atoms with E-state index >= 15 is 0 Å². The molecule has 16 nitrogen and oxygen atoms in total. The number of carboxylic acid groups (broad SMARTS) is 2. The van der Waals surface area contributed by atoms with Crippen molar-refractivity contribution in [1.29, 1.82) is 0 Å². The van der Waals surface area contributed by atoms with Gasteiger partial charge >= 0.3 is 11.9 Å². The highest BCUT2D eigenvalue weighted by Gasteiger charge is 2.32. The smallest absolute Gasteiger partial charge is 0.326 e. The van der Waals surface area contributed by atoms with Gasteiger partial charge in [-0.25, -0.2) is 4.79 Å². The maximum absolute atomic E-state index is 13.0. The molecule has 5 atom stereocenters. The molecule has 0 aliphatic heterocycles. The molecule has 0 aromatic rings. The first kappa shape index (κ1) is 33.5. The molecule has 16 heteroatoms. The summed E-state index contributed by atoms with van der Waals surface area (Å²) in [6.45, 7) is 1.70. The lowest BCUT2D eigenvalue weighted by molar-refractivity contribution is -0.143. The molecule has 0 bridgehead atoms. The monoisotopic (exact) mass is 532 g/mol. The lowest BCUT2D eigenvalue weighted by Crippen LogP contribution is -2.59. The van der Waals surface area contributed by atoms with Crippen LogP contribution in [0.2, 0.25) is 0 Å². The van der Waals surface area contributed by atoms with Crippen LogP contribution in [0.15, 0.2) is 4.99 Å². The Labute approximate surface area is 214 Å². The van der Waals surface area contributed by atoms with Crippen LogP contribution in [0.1, 0.15) is 51.9 Å². The molecule has 0 radical (unpaired) electrons. The highest BCUT2D eigenvalue weighted by Crippen LogP contribution is 2.06. The van der Waals surface area contributed by atoms with E-state index < -0.39 is 59.9 Å². The molecule has 0 rings (SSSR count).